The van der Waals surface area contributed by atoms with Gasteiger partial charge in [0.2, 0.25) is 5.91 Å². The topological polar surface area (TPSA) is 60.8 Å². The van der Waals surface area contributed by atoms with E-state index in [4.69, 9.17) is 5.11 Å². The standard InChI is InChI=1S/C14H19NO3/c16-9-12-7-14(18)15(8-12)13(10-17)6-11-4-2-1-3-5-11/h1-5,12-13,16-17H,6-10H2. The summed E-state index contributed by atoms with van der Waals surface area (Å²) in [6.07, 6.45) is 1.04. The van der Waals surface area contributed by atoms with Crippen molar-refractivity contribution in [2.75, 3.05) is 19.8 Å². The number of aliphatic hydroxyl groups excluding tert-OH is 2. The van der Waals surface area contributed by atoms with E-state index in [-0.39, 0.29) is 31.1 Å². The molecule has 1 aromatic rings. The van der Waals surface area contributed by atoms with E-state index in [1.54, 1.807) is 4.90 Å². The third-order valence-electron chi connectivity index (χ3n) is 3.46. The maximum Gasteiger partial charge on any atom is 0.223 e. The van der Waals surface area contributed by atoms with E-state index in [0.717, 1.165) is 5.56 Å². The number of carbonyl (C=O) groups excluding carboxylic acids is 1. The third-order valence-corrected chi connectivity index (χ3v) is 3.46. The summed E-state index contributed by atoms with van der Waals surface area (Å²) < 4.78 is 0. The largest absolute Gasteiger partial charge is 0.396 e. The van der Waals surface area contributed by atoms with Crippen LogP contribution < -0.4 is 0 Å². The van der Waals surface area contributed by atoms with E-state index in [1.165, 1.54) is 0 Å². The quantitative estimate of drug-likeness (QED) is 0.795. The van der Waals surface area contributed by atoms with Crippen LogP contribution in [0.1, 0.15) is 12.0 Å². The molecule has 1 saturated heterocycles. The minimum atomic E-state index is -0.184. The maximum absolute atomic E-state index is 11.8. The molecule has 98 valence electrons. The summed E-state index contributed by atoms with van der Waals surface area (Å²) in [5.74, 6) is 0.0476. The van der Waals surface area contributed by atoms with E-state index in [0.29, 0.717) is 19.4 Å². The van der Waals surface area contributed by atoms with Gasteiger partial charge in [0, 0.05) is 25.5 Å². The molecule has 1 aromatic carbocycles. The Hall–Kier alpha value is -1.39. The monoisotopic (exact) mass is 249 g/mol. The second-order valence-electron chi connectivity index (χ2n) is 4.82. The number of hydrogen-bond donors (Lipinski definition) is 2. The predicted molar refractivity (Wildman–Crippen MR) is 67.9 cm³/mol. The van der Waals surface area contributed by atoms with E-state index >= 15 is 0 Å². The number of carbonyl (C=O) groups is 1. The number of amides is 1. The Morgan fingerprint density at radius 3 is 2.56 bits per heavy atom. The normalized spacial score (nSPS) is 21.3. The predicted octanol–water partition coefficient (Wildman–Crippen LogP) is 0.431. The zero-order valence-corrected chi connectivity index (χ0v) is 10.3. The lowest BCUT2D eigenvalue weighted by Gasteiger charge is -2.26. The Bertz CT molecular complexity index is 393. The highest BCUT2D eigenvalue weighted by atomic mass is 16.3. The Labute approximate surface area is 107 Å². The smallest absolute Gasteiger partial charge is 0.223 e. The molecule has 4 heteroatoms. The van der Waals surface area contributed by atoms with Crippen LogP contribution in [-0.4, -0.2) is 46.8 Å². The number of aliphatic hydroxyl groups is 2. The summed E-state index contributed by atoms with van der Waals surface area (Å²) in [5, 5.41) is 18.6. The van der Waals surface area contributed by atoms with Crippen LogP contribution in [0.5, 0.6) is 0 Å². The summed E-state index contributed by atoms with van der Waals surface area (Å²) >= 11 is 0. The molecule has 0 aromatic heterocycles. The van der Waals surface area contributed by atoms with Gasteiger partial charge in [-0.15, -0.1) is 0 Å². The van der Waals surface area contributed by atoms with E-state index in [2.05, 4.69) is 0 Å². The highest BCUT2D eigenvalue weighted by Crippen LogP contribution is 2.21. The van der Waals surface area contributed by atoms with Crippen molar-refractivity contribution >= 4 is 5.91 Å². The molecule has 2 N–H and O–H groups in total. The molecule has 0 saturated carbocycles. The maximum atomic E-state index is 11.8. The summed E-state index contributed by atoms with van der Waals surface area (Å²) in [5.41, 5.74) is 1.11. The van der Waals surface area contributed by atoms with Crippen LogP contribution >= 0.6 is 0 Å². The third kappa shape index (κ3) is 2.89. The van der Waals surface area contributed by atoms with Crippen LogP contribution in [-0.2, 0) is 11.2 Å². The fourth-order valence-electron chi connectivity index (χ4n) is 2.44. The lowest BCUT2D eigenvalue weighted by atomic mass is 10.1. The van der Waals surface area contributed by atoms with Crippen molar-refractivity contribution in [2.45, 2.75) is 18.9 Å². The number of benzene rings is 1. The van der Waals surface area contributed by atoms with Crippen LogP contribution in [0.2, 0.25) is 0 Å². The van der Waals surface area contributed by atoms with Gasteiger partial charge in [-0.05, 0) is 12.0 Å². The summed E-state index contributed by atoms with van der Waals surface area (Å²) in [6.45, 7) is 0.540. The first kappa shape index (κ1) is 13.1. The highest BCUT2D eigenvalue weighted by Gasteiger charge is 2.33. The van der Waals surface area contributed by atoms with Gasteiger partial charge in [0.15, 0.2) is 0 Å². The van der Waals surface area contributed by atoms with Gasteiger partial charge in [-0.3, -0.25) is 4.79 Å². The van der Waals surface area contributed by atoms with Crippen molar-refractivity contribution in [1.29, 1.82) is 0 Å². The minimum absolute atomic E-state index is 0.0160. The first-order valence-electron chi connectivity index (χ1n) is 6.29. The Kier molecular flexibility index (Phi) is 4.33. The molecule has 2 rings (SSSR count). The molecule has 2 atom stereocenters. The molecule has 4 nitrogen and oxygen atoms in total. The number of rotatable bonds is 5. The van der Waals surface area contributed by atoms with Gasteiger partial charge in [-0.1, -0.05) is 30.3 Å². The van der Waals surface area contributed by atoms with Crippen molar-refractivity contribution < 1.29 is 15.0 Å². The van der Waals surface area contributed by atoms with Crippen LogP contribution in [0.3, 0.4) is 0 Å². The van der Waals surface area contributed by atoms with Crippen molar-refractivity contribution in [3.63, 3.8) is 0 Å². The second kappa shape index (κ2) is 5.98. The molecule has 18 heavy (non-hydrogen) atoms. The molecule has 1 aliphatic heterocycles. The van der Waals surface area contributed by atoms with Crippen LogP contribution in [0.4, 0.5) is 0 Å². The average Bonchev–Trinajstić information content (AvgIpc) is 2.78. The van der Waals surface area contributed by atoms with Gasteiger partial charge < -0.3 is 15.1 Å². The zero-order chi connectivity index (χ0) is 13.0. The molecule has 2 unspecified atom stereocenters. The number of nitrogens with zero attached hydrogens (tertiary/aromatic N) is 1. The summed E-state index contributed by atoms with van der Waals surface area (Å²) in [6, 6.07) is 9.65. The Morgan fingerprint density at radius 1 is 1.28 bits per heavy atom. The molecule has 0 aliphatic carbocycles. The molecule has 1 aliphatic rings. The molecule has 0 bridgehead atoms. The first-order chi connectivity index (χ1) is 8.74. The lowest BCUT2D eigenvalue weighted by Crippen LogP contribution is -2.40. The van der Waals surface area contributed by atoms with Crippen molar-refractivity contribution in [3.8, 4) is 0 Å². The SMILES string of the molecule is O=C1CC(CO)CN1C(CO)Cc1ccccc1. The average molecular weight is 249 g/mol. The van der Waals surface area contributed by atoms with Crippen LogP contribution in [0.15, 0.2) is 30.3 Å². The zero-order valence-electron chi connectivity index (χ0n) is 10.3. The number of hydrogen-bond acceptors (Lipinski definition) is 3. The van der Waals surface area contributed by atoms with Crippen molar-refractivity contribution in [2.24, 2.45) is 5.92 Å². The van der Waals surface area contributed by atoms with Gasteiger partial charge >= 0.3 is 0 Å². The van der Waals surface area contributed by atoms with Gasteiger partial charge in [-0.2, -0.15) is 0 Å². The van der Waals surface area contributed by atoms with Crippen molar-refractivity contribution in [1.82, 2.24) is 4.90 Å². The van der Waals surface area contributed by atoms with E-state index < -0.39 is 0 Å². The van der Waals surface area contributed by atoms with Crippen molar-refractivity contribution in [3.05, 3.63) is 35.9 Å². The molecule has 0 spiro atoms. The van der Waals surface area contributed by atoms with Gasteiger partial charge in [0.05, 0.1) is 12.6 Å². The lowest BCUT2D eigenvalue weighted by molar-refractivity contribution is -0.130. The van der Waals surface area contributed by atoms with E-state index in [1.807, 2.05) is 30.3 Å². The minimum Gasteiger partial charge on any atom is -0.396 e. The Morgan fingerprint density at radius 2 is 2.00 bits per heavy atom. The molecule has 1 fully saturated rings. The molecule has 1 amide bonds. The fraction of sp³-hybridized carbons (Fsp3) is 0.500. The summed E-state index contributed by atoms with van der Waals surface area (Å²) in [4.78, 5) is 13.5. The van der Waals surface area contributed by atoms with Crippen LogP contribution in [0, 0.1) is 5.92 Å². The highest BCUT2D eigenvalue weighted by molar-refractivity contribution is 5.79. The molecule has 0 radical (unpaired) electrons. The van der Waals surface area contributed by atoms with Gasteiger partial charge in [0.1, 0.15) is 0 Å². The van der Waals surface area contributed by atoms with E-state index in [9.17, 15) is 9.90 Å². The fourth-order valence-corrected chi connectivity index (χ4v) is 2.44. The first-order valence-corrected chi connectivity index (χ1v) is 6.29. The molecule has 1 heterocycles. The second-order valence-corrected chi connectivity index (χ2v) is 4.82. The molecular formula is C14H19NO3. The number of likely N-dealkylation sites (tertiary alicyclic amines) is 1. The van der Waals surface area contributed by atoms with Gasteiger partial charge in [0.25, 0.3) is 0 Å². The summed E-state index contributed by atoms with van der Waals surface area (Å²) in [7, 11) is 0. The van der Waals surface area contributed by atoms with Gasteiger partial charge in [-0.25, -0.2) is 0 Å². The van der Waals surface area contributed by atoms with Crippen LogP contribution in [0.25, 0.3) is 0 Å². The Balaban J connectivity index is 2.03. The molecular weight excluding hydrogens is 230 g/mol.